The normalized spacial score (nSPS) is 13.4. The number of hydrogen-bond donors (Lipinski definition) is 2. The number of anilines is 1. The van der Waals surface area contributed by atoms with E-state index in [2.05, 4.69) is 33.3 Å². The van der Waals surface area contributed by atoms with Gasteiger partial charge < -0.3 is 10.4 Å². The summed E-state index contributed by atoms with van der Waals surface area (Å²) in [5.74, 6) is -0.219. The number of rotatable bonds is 8. The van der Waals surface area contributed by atoms with E-state index in [1.54, 1.807) is 33.8 Å². The molecular weight excluding hydrogens is 489 g/mol. The van der Waals surface area contributed by atoms with Crippen LogP contribution in [0.3, 0.4) is 0 Å². The van der Waals surface area contributed by atoms with Crippen molar-refractivity contribution in [1.82, 2.24) is 15.0 Å². The van der Waals surface area contributed by atoms with Gasteiger partial charge in [0.05, 0.1) is 33.4 Å². The maximum atomic E-state index is 15.5. The smallest absolute Gasteiger partial charge is 0.159 e. The Bertz CT molecular complexity index is 1470. The lowest BCUT2D eigenvalue weighted by Crippen LogP contribution is -2.33. The Balaban J connectivity index is 2.09. The number of nitrogens with one attached hydrogen (secondary N) is 1. The van der Waals surface area contributed by atoms with Crippen molar-refractivity contribution >= 4 is 35.0 Å². The van der Waals surface area contributed by atoms with Gasteiger partial charge in [-0.25, -0.2) is 14.4 Å². The predicted octanol–water partition coefficient (Wildman–Crippen LogP) is 5.31. The first-order valence-electron chi connectivity index (χ1n) is 12.1. The summed E-state index contributed by atoms with van der Waals surface area (Å²) >= 11 is 6.67. The molecule has 192 valence electrons. The van der Waals surface area contributed by atoms with Crippen LogP contribution in [0, 0.1) is 18.3 Å². The molecule has 3 aromatic rings. The summed E-state index contributed by atoms with van der Waals surface area (Å²) in [6, 6.07) is 9.47. The summed E-state index contributed by atoms with van der Waals surface area (Å²) < 4.78 is 15.5. The summed E-state index contributed by atoms with van der Waals surface area (Å²) in [4.78, 5) is 12.9. The Morgan fingerprint density at radius 2 is 1.97 bits per heavy atom. The Kier molecular flexibility index (Phi) is 9.14. The topological polar surface area (TPSA) is 94.7 Å². The van der Waals surface area contributed by atoms with Crippen molar-refractivity contribution in [2.45, 2.75) is 59.6 Å². The molecule has 0 unspecified atom stereocenters. The molecule has 0 fully saturated rings. The molecule has 2 N–H and O–H groups in total. The highest BCUT2D eigenvalue weighted by atomic mass is 35.5. The first-order chi connectivity index (χ1) is 17.5. The number of aryl methyl sites for hydroxylation is 1. The second-order valence-corrected chi connectivity index (χ2v) is 9.69. The van der Waals surface area contributed by atoms with Crippen molar-refractivity contribution in [3.8, 4) is 6.07 Å². The fourth-order valence-electron chi connectivity index (χ4n) is 3.64. The van der Waals surface area contributed by atoms with Crippen molar-refractivity contribution in [3.63, 3.8) is 0 Å². The van der Waals surface area contributed by atoms with Gasteiger partial charge in [-0.1, -0.05) is 43.2 Å². The molecule has 0 aliphatic carbocycles. The average molecular weight is 520 g/mol. The second kappa shape index (κ2) is 12.1. The summed E-state index contributed by atoms with van der Waals surface area (Å²) in [6.07, 6.45) is 8.05. The number of allylic oxidation sites excluding steroid dienone is 2. The van der Waals surface area contributed by atoms with Crippen LogP contribution < -0.4 is 15.9 Å². The van der Waals surface area contributed by atoms with Crippen LogP contribution in [-0.4, -0.2) is 20.1 Å². The zero-order valence-electron chi connectivity index (χ0n) is 21.7. The summed E-state index contributed by atoms with van der Waals surface area (Å²) in [5, 5.41) is 24.3. The van der Waals surface area contributed by atoms with Crippen molar-refractivity contribution in [3.05, 3.63) is 86.3 Å². The number of aliphatic hydroxyl groups is 1. The number of pyridine rings is 1. The fraction of sp³-hybridized carbons (Fsp3) is 0.310. The third-order valence-corrected chi connectivity index (χ3v) is 6.25. The highest BCUT2D eigenvalue weighted by Gasteiger charge is 2.19. The van der Waals surface area contributed by atoms with E-state index in [-0.39, 0.29) is 5.82 Å². The molecule has 0 amide bonds. The highest BCUT2D eigenvalue weighted by Crippen LogP contribution is 2.23. The van der Waals surface area contributed by atoms with Crippen LogP contribution in [0.4, 0.5) is 10.1 Å². The number of benzene rings is 1. The van der Waals surface area contributed by atoms with Gasteiger partial charge in [0.15, 0.2) is 5.82 Å². The maximum absolute atomic E-state index is 15.5. The summed E-state index contributed by atoms with van der Waals surface area (Å²) in [6.45, 7) is 9.11. The molecule has 2 heterocycles. The first kappa shape index (κ1) is 28.0. The lowest BCUT2D eigenvalue weighted by Gasteiger charge is -2.15. The molecule has 0 spiro atoms. The van der Waals surface area contributed by atoms with E-state index >= 15 is 4.39 Å². The van der Waals surface area contributed by atoms with E-state index in [9.17, 15) is 10.4 Å². The Morgan fingerprint density at radius 1 is 1.27 bits per heavy atom. The van der Waals surface area contributed by atoms with Gasteiger partial charge in [0, 0.05) is 35.8 Å². The number of hydrogen-bond acceptors (Lipinski definition) is 6. The zero-order valence-corrected chi connectivity index (χ0v) is 22.5. The Hall–Kier alpha value is -3.60. The minimum Gasteiger partial charge on any atom is -0.382 e. The maximum Gasteiger partial charge on any atom is 0.159 e. The molecular formula is C29H31ClFN5O. The van der Waals surface area contributed by atoms with Crippen LogP contribution in [0.5, 0.6) is 0 Å². The standard InChI is InChI=1S/C29H31ClFN5O/c1-6-7-11-23-25(13-24(31)18(2)22-16-34-28(35-17-22)29(4,5)37)36-19(3)26(30)27(23)33-15-21-10-8-9-20(12-21)14-32/h8-13,16-17,33,37H,6-7,15H2,1-5H3/b23-11-,24-18-,25-13+. The molecule has 3 rings (SSSR count). The second-order valence-electron chi connectivity index (χ2n) is 9.32. The number of nitriles is 1. The van der Waals surface area contributed by atoms with E-state index in [1.807, 2.05) is 24.3 Å². The minimum atomic E-state index is -1.19. The molecule has 0 bridgehead atoms. The number of nitrogens with zero attached hydrogens (tertiary/aromatic N) is 4. The third kappa shape index (κ3) is 7.00. The van der Waals surface area contributed by atoms with Crippen LogP contribution in [0.2, 0.25) is 5.02 Å². The molecule has 0 saturated heterocycles. The van der Waals surface area contributed by atoms with Crippen LogP contribution in [-0.2, 0) is 12.1 Å². The predicted molar refractivity (Wildman–Crippen MR) is 147 cm³/mol. The lowest BCUT2D eigenvalue weighted by atomic mass is 10.1. The molecule has 0 aliphatic heterocycles. The van der Waals surface area contributed by atoms with E-state index in [4.69, 9.17) is 11.6 Å². The van der Waals surface area contributed by atoms with Crippen molar-refractivity contribution in [2.24, 2.45) is 0 Å². The van der Waals surface area contributed by atoms with Gasteiger partial charge >= 0.3 is 0 Å². The Labute approximate surface area is 221 Å². The zero-order chi connectivity index (χ0) is 27.2. The quantitative estimate of drug-likeness (QED) is 0.419. The van der Waals surface area contributed by atoms with Gasteiger partial charge in [0.1, 0.15) is 11.4 Å². The molecule has 1 aromatic carbocycles. The third-order valence-electron chi connectivity index (χ3n) is 5.79. The number of halogens is 2. The van der Waals surface area contributed by atoms with Crippen LogP contribution >= 0.6 is 11.6 Å². The summed E-state index contributed by atoms with van der Waals surface area (Å²) in [5.41, 5.74) is 2.40. The van der Waals surface area contributed by atoms with Gasteiger partial charge in [0.2, 0.25) is 0 Å². The SMILES string of the molecule is CCC\C=c1/c(NCc2cccc(C#N)c2)c(Cl)c(C)n/c1=C/C(F)=C(\C)c1cnc(C(C)(C)O)nc1. The number of unbranched alkanes of at least 4 members (excludes halogenated alkanes) is 1. The van der Waals surface area contributed by atoms with E-state index < -0.39 is 11.4 Å². The monoisotopic (exact) mass is 519 g/mol. The van der Waals surface area contributed by atoms with Crippen LogP contribution in [0.25, 0.3) is 17.7 Å². The van der Waals surface area contributed by atoms with Gasteiger partial charge in [-0.15, -0.1) is 0 Å². The first-order valence-corrected chi connectivity index (χ1v) is 12.5. The lowest BCUT2D eigenvalue weighted by molar-refractivity contribution is 0.0686. The largest absolute Gasteiger partial charge is 0.382 e. The van der Waals surface area contributed by atoms with E-state index in [0.717, 1.165) is 18.4 Å². The molecule has 6 nitrogen and oxygen atoms in total. The van der Waals surface area contributed by atoms with Gasteiger partial charge in [-0.2, -0.15) is 5.26 Å². The molecule has 37 heavy (non-hydrogen) atoms. The molecule has 8 heteroatoms. The van der Waals surface area contributed by atoms with Crippen molar-refractivity contribution < 1.29 is 9.50 Å². The van der Waals surface area contributed by atoms with Crippen molar-refractivity contribution in [2.75, 3.05) is 5.32 Å². The Morgan fingerprint density at radius 3 is 2.59 bits per heavy atom. The van der Waals surface area contributed by atoms with Gasteiger partial charge in [-0.05, 0) is 57.4 Å². The number of aromatic nitrogens is 3. The minimum absolute atomic E-state index is 0.260. The highest BCUT2D eigenvalue weighted by molar-refractivity contribution is 6.33. The van der Waals surface area contributed by atoms with E-state index in [0.29, 0.717) is 50.2 Å². The van der Waals surface area contributed by atoms with Gasteiger partial charge in [0.25, 0.3) is 0 Å². The fourth-order valence-corrected chi connectivity index (χ4v) is 3.85. The molecule has 0 saturated carbocycles. The molecule has 0 atom stereocenters. The van der Waals surface area contributed by atoms with Gasteiger partial charge in [-0.3, -0.25) is 4.98 Å². The summed E-state index contributed by atoms with van der Waals surface area (Å²) in [7, 11) is 0. The van der Waals surface area contributed by atoms with E-state index in [1.165, 1.54) is 18.5 Å². The average Bonchev–Trinajstić information content (AvgIpc) is 2.88. The van der Waals surface area contributed by atoms with Crippen molar-refractivity contribution in [1.29, 1.82) is 5.26 Å². The van der Waals surface area contributed by atoms with Crippen LogP contribution in [0.1, 0.15) is 68.7 Å². The van der Waals surface area contributed by atoms with Crippen LogP contribution in [0.15, 0.2) is 42.5 Å². The molecule has 0 radical (unpaired) electrons. The molecule has 0 aliphatic rings. The molecule has 2 aromatic heterocycles.